The SMILES string of the molecule is C=CC[C@@H]1C[C@H]2[C@@H]3[C@H](C)CC4=C(CCC(=O)C4)[C@H]3CC[C@]2(C)C1=O. The third-order valence-corrected chi connectivity index (χ3v) is 7.86. The highest BCUT2D eigenvalue weighted by atomic mass is 16.1. The van der Waals surface area contributed by atoms with Crippen LogP contribution in [0.3, 0.4) is 0 Å². The van der Waals surface area contributed by atoms with Gasteiger partial charge in [0.1, 0.15) is 11.6 Å². The van der Waals surface area contributed by atoms with Crippen LogP contribution in [0.4, 0.5) is 0 Å². The molecule has 0 unspecified atom stereocenters. The van der Waals surface area contributed by atoms with Crippen LogP contribution in [0.25, 0.3) is 0 Å². The van der Waals surface area contributed by atoms with Crippen molar-refractivity contribution in [2.75, 3.05) is 0 Å². The maximum absolute atomic E-state index is 13.1. The Morgan fingerprint density at radius 3 is 2.83 bits per heavy atom. The zero-order valence-corrected chi connectivity index (χ0v) is 15.1. The van der Waals surface area contributed by atoms with E-state index in [0.29, 0.717) is 41.7 Å². The van der Waals surface area contributed by atoms with Crippen molar-refractivity contribution in [2.24, 2.45) is 35.0 Å². The first-order valence-corrected chi connectivity index (χ1v) is 9.83. The number of Topliss-reactive ketones (excluding diaryl/α,β-unsaturated/α-hetero) is 2. The number of rotatable bonds is 2. The van der Waals surface area contributed by atoms with Crippen molar-refractivity contribution >= 4 is 11.6 Å². The van der Waals surface area contributed by atoms with Gasteiger partial charge in [0, 0.05) is 24.2 Å². The van der Waals surface area contributed by atoms with Gasteiger partial charge >= 0.3 is 0 Å². The third kappa shape index (κ3) is 2.21. The molecule has 24 heavy (non-hydrogen) atoms. The second-order valence-electron chi connectivity index (χ2n) is 9.09. The van der Waals surface area contributed by atoms with Gasteiger partial charge in [-0.05, 0) is 62.2 Å². The smallest absolute Gasteiger partial charge is 0.142 e. The average Bonchev–Trinajstić information content (AvgIpc) is 2.79. The van der Waals surface area contributed by atoms with E-state index in [9.17, 15) is 9.59 Å². The first-order chi connectivity index (χ1) is 11.5. The van der Waals surface area contributed by atoms with E-state index in [1.54, 1.807) is 5.57 Å². The van der Waals surface area contributed by atoms with E-state index < -0.39 is 0 Å². The quantitative estimate of drug-likeness (QED) is 0.677. The van der Waals surface area contributed by atoms with E-state index in [1.807, 2.05) is 6.08 Å². The van der Waals surface area contributed by atoms with Gasteiger partial charge in [0.05, 0.1) is 0 Å². The van der Waals surface area contributed by atoms with Gasteiger partial charge in [-0.1, -0.05) is 31.1 Å². The molecule has 0 amide bonds. The molecule has 4 aliphatic rings. The normalized spacial score (nSPS) is 44.8. The van der Waals surface area contributed by atoms with Gasteiger partial charge in [0.25, 0.3) is 0 Å². The lowest BCUT2D eigenvalue weighted by Gasteiger charge is -2.52. The number of allylic oxidation sites excluding steroid dienone is 3. The highest BCUT2D eigenvalue weighted by Gasteiger charge is 2.59. The second kappa shape index (κ2) is 5.68. The van der Waals surface area contributed by atoms with E-state index in [1.165, 1.54) is 5.57 Å². The van der Waals surface area contributed by atoms with Crippen molar-refractivity contribution < 1.29 is 9.59 Å². The van der Waals surface area contributed by atoms with Gasteiger partial charge in [0.15, 0.2) is 0 Å². The molecule has 0 bridgehead atoms. The molecule has 0 aromatic carbocycles. The fourth-order valence-electron chi connectivity index (χ4n) is 6.81. The molecule has 2 saturated carbocycles. The fraction of sp³-hybridized carbons (Fsp3) is 0.727. The van der Waals surface area contributed by atoms with Gasteiger partial charge in [-0.25, -0.2) is 0 Å². The summed E-state index contributed by atoms with van der Waals surface area (Å²) in [6, 6.07) is 0. The van der Waals surface area contributed by atoms with Crippen LogP contribution in [0.15, 0.2) is 23.8 Å². The molecule has 0 saturated heterocycles. The minimum atomic E-state index is -0.106. The van der Waals surface area contributed by atoms with E-state index >= 15 is 0 Å². The summed E-state index contributed by atoms with van der Waals surface area (Å²) in [5.41, 5.74) is 2.99. The lowest BCUT2D eigenvalue weighted by molar-refractivity contribution is -0.132. The van der Waals surface area contributed by atoms with Gasteiger partial charge in [-0.3, -0.25) is 9.59 Å². The standard InChI is InChI=1S/C22H30O2/c1-4-5-14-12-19-20-13(2)10-15-11-16(23)6-7-17(15)18(20)8-9-22(19,3)21(14)24/h4,13-14,18-20H,1,5-12H2,2-3H3/t13-,14-,18-,19+,20-,22+/m1/s1. The molecule has 4 rings (SSSR count). The van der Waals surface area contributed by atoms with Gasteiger partial charge < -0.3 is 0 Å². The summed E-state index contributed by atoms with van der Waals surface area (Å²) in [5.74, 6) is 3.58. The third-order valence-electron chi connectivity index (χ3n) is 7.86. The fourth-order valence-corrected chi connectivity index (χ4v) is 6.81. The minimum absolute atomic E-state index is 0.106. The predicted octanol–water partition coefficient (Wildman–Crippen LogP) is 4.89. The van der Waals surface area contributed by atoms with Gasteiger partial charge in [0.2, 0.25) is 0 Å². The maximum atomic E-state index is 13.1. The second-order valence-corrected chi connectivity index (χ2v) is 9.09. The summed E-state index contributed by atoms with van der Waals surface area (Å²) in [5, 5.41) is 0. The monoisotopic (exact) mass is 326 g/mol. The van der Waals surface area contributed by atoms with Crippen LogP contribution in [0.2, 0.25) is 0 Å². The Kier molecular flexibility index (Phi) is 3.85. The Morgan fingerprint density at radius 1 is 1.29 bits per heavy atom. The summed E-state index contributed by atoms with van der Waals surface area (Å²) < 4.78 is 0. The minimum Gasteiger partial charge on any atom is -0.299 e. The largest absolute Gasteiger partial charge is 0.299 e. The van der Waals surface area contributed by atoms with Crippen LogP contribution in [-0.2, 0) is 9.59 Å². The predicted molar refractivity (Wildman–Crippen MR) is 95.4 cm³/mol. The van der Waals surface area contributed by atoms with Crippen molar-refractivity contribution in [1.29, 1.82) is 0 Å². The Labute approximate surface area is 145 Å². The van der Waals surface area contributed by atoms with Crippen LogP contribution in [0.1, 0.15) is 65.2 Å². The summed E-state index contributed by atoms with van der Waals surface area (Å²) in [4.78, 5) is 24.9. The molecule has 2 nitrogen and oxygen atoms in total. The highest BCUT2D eigenvalue weighted by Crippen LogP contribution is 2.62. The van der Waals surface area contributed by atoms with Crippen LogP contribution in [-0.4, -0.2) is 11.6 Å². The van der Waals surface area contributed by atoms with Crippen LogP contribution in [0, 0.1) is 35.0 Å². The zero-order valence-electron chi connectivity index (χ0n) is 15.1. The highest BCUT2D eigenvalue weighted by molar-refractivity contribution is 5.89. The molecule has 0 radical (unpaired) electrons. The molecule has 0 aromatic rings. The molecule has 130 valence electrons. The van der Waals surface area contributed by atoms with E-state index in [0.717, 1.165) is 44.9 Å². The molecule has 2 heteroatoms. The maximum Gasteiger partial charge on any atom is 0.142 e. The zero-order chi connectivity index (χ0) is 17.1. The molecule has 0 heterocycles. The summed E-state index contributed by atoms with van der Waals surface area (Å²) in [6.45, 7) is 8.49. The molecule has 0 spiro atoms. The molecule has 4 aliphatic carbocycles. The molecule has 0 aromatic heterocycles. The number of ketones is 2. The number of hydrogen-bond acceptors (Lipinski definition) is 2. The van der Waals surface area contributed by atoms with Crippen molar-refractivity contribution in [3.05, 3.63) is 23.8 Å². The summed E-state index contributed by atoms with van der Waals surface area (Å²) in [7, 11) is 0. The van der Waals surface area contributed by atoms with Crippen molar-refractivity contribution in [1.82, 2.24) is 0 Å². The van der Waals surface area contributed by atoms with Crippen LogP contribution >= 0.6 is 0 Å². The Morgan fingerprint density at radius 2 is 2.08 bits per heavy atom. The summed E-state index contributed by atoms with van der Waals surface area (Å²) >= 11 is 0. The molecule has 0 N–H and O–H groups in total. The Hall–Kier alpha value is -1.18. The van der Waals surface area contributed by atoms with E-state index in [2.05, 4.69) is 20.4 Å². The molecular formula is C22H30O2. The number of fused-ring (bicyclic) bond motifs is 4. The van der Waals surface area contributed by atoms with Crippen molar-refractivity contribution in [2.45, 2.75) is 65.2 Å². The average molecular weight is 326 g/mol. The van der Waals surface area contributed by atoms with Crippen LogP contribution in [0.5, 0.6) is 0 Å². The molecule has 0 aliphatic heterocycles. The van der Waals surface area contributed by atoms with E-state index in [4.69, 9.17) is 0 Å². The summed E-state index contributed by atoms with van der Waals surface area (Å²) in [6.07, 6.45) is 9.58. The van der Waals surface area contributed by atoms with Gasteiger partial charge in [-0.15, -0.1) is 6.58 Å². The molecular weight excluding hydrogens is 296 g/mol. The topological polar surface area (TPSA) is 34.1 Å². The first-order valence-electron chi connectivity index (χ1n) is 9.83. The van der Waals surface area contributed by atoms with Crippen molar-refractivity contribution in [3.63, 3.8) is 0 Å². The molecule has 2 fully saturated rings. The van der Waals surface area contributed by atoms with Crippen LogP contribution < -0.4 is 0 Å². The first kappa shape index (κ1) is 16.3. The lowest BCUT2D eigenvalue weighted by atomic mass is 9.52. The Balaban J connectivity index is 1.68. The van der Waals surface area contributed by atoms with E-state index in [-0.39, 0.29) is 11.3 Å². The number of carbonyl (C=O) groups is 2. The molecule has 6 atom stereocenters. The van der Waals surface area contributed by atoms with Crippen molar-refractivity contribution in [3.8, 4) is 0 Å². The number of hydrogen-bond donors (Lipinski definition) is 0. The Bertz CT molecular complexity index is 628. The van der Waals surface area contributed by atoms with Gasteiger partial charge in [-0.2, -0.15) is 0 Å². The lowest BCUT2D eigenvalue weighted by Crippen LogP contribution is -2.47. The number of carbonyl (C=O) groups excluding carboxylic acids is 2.